The van der Waals surface area contributed by atoms with Gasteiger partial charge in [-0.25, -0.2) is 8.42 Å². The number of allylic oxidation sites excluding steroid dienone is 1. The fraction of sp³-hybridized carbons (Fsp3) is 0. The maximum Gasteiger partial charge on any atom is 0.218 e. The predicted molar refractivity (Wildman–Crippen MR) is 87.4 cm³/mol. The van der Waals surface area contributed by atoms with Crippen LogP contribution in [-0.4, -0.2) is 8.42 Å². The first-order valence-electron chi connectivity index (χ1n) is 6.06. The summed E-state index contributed by atoms with van der Waals surface area (Å²) in [4.78, 5) is -0.396. The van der Waals surface area contributed by atoms with Gasteiger partial charge in [-0.05, 0) is 48.5 Å². The van der Waals surface area contributed by atoms with Gasteiger partial charge in [0.2, 0.25) is 9.84 Å². The summed E-state index contributed by atoms with van der Waals surface area (Å²) in [5, 5.41) is 12.9. The summed E-state index contributed by atoms with van der Waals surface area (Å²) < 4.78 is 24.7. The van der Waals surface area contributed by atoms with E-state index in [-0.39, 0.29) is 4.90 Å². The Balaban J connectivity index is 2.30. The molecule has 0 amide bonds. The molecule has 1 N–H and O–H groups in total. The van der Waals surface area contributed by atoms with E-state index in [0.717, 1.165) is 6.20 Å². The highest BCUT2D eigenvalue weighted by Crippen LogP contribution is 2.21. The van der Waals surface area contributed by atoms with E-state index in [1.54, 1.807) is 30.3 Å². The second-order valence-electron chi connectivity index (χ2n) is 4.23. The van der Waals surface area contributed by atoms with Gasteiger partial charge in [0.1, 0.15) is 6.07 Å². The Labute approximate surface area is 138 Å². The predicted octanol–water partition coefficient (Wildman–Crippen LogP) is 4.24. The highest BCUT2D eigenvalue weighted by atomic mass is 35.5. The fourth-order valence-electron chi connectivity index (χ4n) is 1.61. The van der Waals surface area contributed by atoms with Gasteiger partial charge >= 0.3 is 0 Å². The van der Waals surface area contributed by atoms with E-state index in [1.165, 1.54) is 24.3 Å². The number of hydrogen-bond acceptors (Lipinski definition) is 4. The van der Waals surface area contributed by atoms with E-state index in [0.29, 0.717) is 15.7 Å². The van der Waals surface area contributed by atoms with Crippen LogP contribution in [0.3, 0.4) is 0 Å². The molecule has 0 saturated heterocycles. The molecule has 22 heavy (non-hydrogen) atoms. The summed E-state index contributed by atoms with van der Waals surface area (Å²) in [5.74, 6) is 0. The van der Waals surface area contributed by atoms with Gasteiger partial charge in [0.15, 0.2) is 4.91 Å². The Morgan fingerprint density at radius 1 is 1.00 bits per heavy atom. The van der Waals surface area contributed by atoms with Crippen molar-refractivity contribution in [1.82, 2.24) is 0 Å². The molecule has 0 aliphatic rings. The van der Waals surface area contributed by atoms with E-state index < -0.39 is 14.7 Å². The number of nitrogens with one attached hydrogen (secondary N) is 1. The smallest absolute Gasteiger partial charge is 0.218 e. The minimum Gasteiger partial charge on any atom is -0.360 e. The van der Waals surface area contributed by atoms with Crippen LogP contribution in [0, 0.1) is 11.3 Å². The zero-order chi connectivity index (χ0) is 16.2. The van der Waals surface area contributed by atoms with Gasteiger partial charge in [0.05, 0.1) is 4.90 Å². The molecular weight excluding hydrogens is 343 g/mol. The molecule has 2 aromatic carbocycles. The summed E-state index contributed by atoms with van der Waals surface area (Å²) in [6.07, 6.45) is 1.15. The normalized spacial score (nSPS) is 11.8. The number of nitrogens with zero attached hydrogens (tertiary/aromatic N) is 1. The zero-order valence-corrected chi connectivity index (χ0v) is 13.5. The van der Waals surface area contributed by atoms with E-state index in [9.17, 15) is 8.42 Å². The SMILES string of the molecule is N#C/C(=C\Nc1ccc(Cl)cc1)S(=O)(=O)c1ccc(Cl)cc1. The molecular formula is C15H10Cl2N2O2S. The number of rotatable bonds is 4. The van der Waals surface area contributed by atoms with Crippen LogP contribution >= 0.6 is 23.2 Å². The summed E-state index contributed by atoms with van der Waals surface area (Å²) in [5.41, 5.74) is 0.614. The topological polar surface area (TPSA) is 70.0 Å². The second kappa shape index (κ2) is 6.84. The molecule has 0 unspecified atom stereocenters. The van der Waals surface area contributed by atoms with Crippen LogP contribution in [0.4, 0.5) is 5.69 Å². The lowest BCUT2D eigenvalue weighted by Gasteiger charge is -2.05. The Hall–Kier alpha value is -2.00. The van der Waals surface area contributed by atoms with Crippen LogP contribution in [0.25, 0.3) is 0 Å². The molecule has 0 aliphatic carbocycles. The highest BCUT2D eigenvalue weighted by Gasteiger charge is 2.20. The largest absolute Gasteiger partial charge is 0.360 e. The molecule has 0 aromatic heterocycles. The van der Waals surface area contributed by atoms with Crippen molar-refractivity contribution in [2.45, 2.75) is 4.90 Å². The van der Waals surface area contributed by atoms with Crippen molar-refractivity contribution in [3.63, 3.8) is 0 Å². The summed E-state index contributed by atoms with van der Waals surface area (Å²) in [7, 11) is -3.89. The molecule has 2 rings (SSSR count). The first kappa shape index (κ1) is 16.4. The number of hydrogen-bond donors (Lipinski definition) is 1. The highest BCUT2D eigenvalue weighted by molar-refractivity contribution is 7.95. The summed E-state index contributed by atoms with van der Waals surface area (Å²) >= 11 is 11.5. The average molecular weight is 353 g/mol. The molecule has 7 heteroatoms. The maximum atomic E-state index is 12.4. The Morgan fingerprint density at radius 3 is 2.00 bits per heavy atom. The van der Waals surface area contributed by atoms with Gasteiger partial charge in [-0.2, -0.15) is 5.26 Å². The Bertz CT molecular complexity index is 837. The van der Waals surface area contributed by atoms with E-state index >= 15 is 0 Å². The van der Waals surface area contributed by atoms with Crippen LogP contribution in [0.1, 0.15) is 0 Å². The first-order valence-corrected chi connectivity index (χ1v) is 8.30. The maximum absolute atomic E-state index is 12.4. The average Bonchev–Trinajstić information content (AvgIpc) is 2.50. The van der Waals surface area contributed by atoms with Crippen molar-refractivity contribution in [1.29, 1.82) is 5.26 Å². The van der Waals surface area contributed by atoms with Crippen molar-refractivity contribution in [2.75, 3.05) is 5.32 Å². The third kappa shape index (κ3) is 3.80. The molecule has 0 radical (unpaired) electrons. The molecule has 0 heterocycles. The fourth-order valence-corrected chi connectivity index (χ4v) is 2.94. The third-order valence-electron chi connectivity index (χ3n) is 2.74. The number of anilines is 1. The molecule has 0 bridgehead atoms. The Kier molecular flexibility index (Phi) is 5.09. The van der Waals surface area contributed by atoms with Gasteiger partial charge in [-0.3, -0.25) is 0 Å². The zero-order valence-electron chi connectivity index (χ0n) is 11.1. The van der Waals surface area contributed by atoms with Gasteiger partial charge in [0, 0.05) is 21.9 Å². The van der Waals surface area contributed by atoms with Crippen molar-refractivity contribution < 1.29 is 8.42 Å². The molecule has 0 spiro atoms. The summed E-state index contributed by atoms with van der Waals surface area (Å²) in [6.45, 7) is 0. The van der Waals surface area contributed by atoms with E-state index in [2.05, 4.69) is 5.32 Å². The van der Waals surface area contributed by atoms with Gasteiger partial charge in [-0.15, -0.1) is 0 Å². The number of nitriles is 1. The van der Waals surface area contributed by atoms with Gasteiger partial charge < -0.3 is 5.32 Å². The summed E-state index contributed by atoms with van der Waals surface area (Å²) in [6, 6.07) is 13.9. The molecule has 112 valence electrons. The lowest BCUT2D eigenvalue weighted by atomic mass is 10.3. The number of halogens is 2. The quantitative estimate of drug-likeness (QED) is 0.835. The molecule has 0 saturated carbocycles. The molecule has 4 nitrogen and oxygen atoms in total. The van der Waals surface area contributed by atoms with Gasteiger partial charge in [0.25, 0.3) is 0 Å². The van der Waals surface area contributed by atoms with Crippen LogP contribution < -0.4 is 5.32 Å². The van der Waals surface area contributed by atoms with Crippen molar-refractivity contribution in [3.05, 3.63) is 69.7 Å². The number of benzene rings is 2. The molecule has 0 aliphatic heterocycles. The third-order valence-corrected chi connectivity index (χ3v) is 4.92. The second-order valence-corrected chi connectivity index (χ2v) is 7.02. The van der Waals surface area contributed by atoms with Crippen LogP contribution in [0.15, 0.2) is 64.5 Å². The van der Waals surface area contributed by atoms with E-state index in [1.807, 2.05) is 0 Å². The van der Waals surface area contributed by atoms with Crippen molar-refractivity contribution in [3.8, 4) is 6.07 Å². The van der Waals surface area contributed by atoms with E-state index in [4.69, 9.17) is 28.5 Å². The van der Waals surface area contributed by atoms with Crippen molar-refractivity contribution >= 4 is 38.7 Å². The lowest BCUT2D eigenvalue weighted by Crippen LogP contribution is -2.05. The molecule has 0 atom stereocenters. The minimum atomic E-state index is -3.89. The molecule has 0 fully saturated rings. The first-order chi connectivity index (χ1) is 10.4. The standard InChI is InChI=1S/C15H10Cl2N2O2S/c16-11-1-5-13(6-2-11)19-10-15(9-18)22(20,21)14-7-3-12(17)4-8-14/h1-8,10,19H/b15-10+. The van der Waals surface area contributed by atoms with Gasteiger partial charge in [-0.1, -0.05) is 23.2 Å². The lowest BCUT2D eigenvalue weighted by molar-refractivity contribution is 0.603. The van der Waals surface area contributed by atoms with Crippen LogP contribution in [0.5, 0.6) is 0 Å². The van der Waals surface area contributed by atoms with Crippen LogP contribution in [0.2, 0.25) is 10.0 Å². The van der Waals surface area contributed by atoms with Crippen LogP contribution in [-0.2, 0) is 9.84 Å². The van der Waals surface area contributed by atoms with Crippen molar-refractivity contribution in [2.24, 2.45) is 0 Å². The Morgan fingerprint density at radius 2 is 1.50 bits per heavy atom. The minimum absolute atomic E-state index is 0.00241. The number of sulfone groups is 1. The molecule has 2 aromatic rings. The monoisotopic (exact) mass is 352 g/mol.